The Morgan fingerprint density at radius 1 is 1.06 bits per heavy atom. The Morgan fingerprint density at radius 3 is 2.61 bits per heavy atom. The zero-order valence-electron chi connectivity index (χ0n) is 9.61. The van der Waals surface area contributed by atoms with Gasteiger partial charge in [-0.2, -0.15) is 0 Å². The second-order valence-electron chi connectivity index (χ2n) is 4.60. The molecule has 2 aromatic rings. The molecule has 1 N–H and O–H groups in total. The summed E-state index contributed by atoms with van der Waals surface area (Å²) in [5.74, 6) is -0.314. The van der Waals surface area contributed by atoms with Crippen molar-refractivity contribution in [2.45, 2.75) is 18.4 Å². The van der Waals surface area contributed by atoms with Crippen LogP contribution in [0.4, 0.5) is 4.39 Å². The molecule has 3 heteroatoms. The molecule has 0 fully saturated rings. The van der Waals surface area contributed by atoms with Gasteiger partial charge in [0, 0.05) is 10.9 Å². The molecular weight excluding hydrogens is 251 g/mol. The molecule has 0 bridgehead atoms. The summed E-state index contributed by atoms with van der Waals surface area (Å²) >= 11 is 5.93. The van der Waals surface area contributed by atoms with Crippen molar-refractivity contribution in [3.8, 4) is 0 Å². The normalized spacial score (nSPS) is 21.9. The Balaban J connectivity index is 2.11. The van der Waals surface area contributed by atoms with E-state index in [-0.39, 0.29) is 11.7 Å². The van der Waals surface area contributed by atoms with Crippen LogP contribution in [-0.4, -0.2) is 5.11 Å². The zero-order chi connectivity index (χ0) is 12.7. The highest BCUT2D eigenvalue weighted by Gasteiger charge is 2.32. The van der Waals surface area contributed by atoms with Gasteiger partial charge in [-0.05, 0) is 41.3 Å². The maximum absolute atomic E-state index is 13.8. The molecule has 1 nitrogen and oxygen atoms in total. The van der Waals surface area contributed by atoms with Crippen LogP contribution >= 0.6 is 11.6 Å². The van der Waals surface area contributed by atoms with E-state index in [4.69, 9.17) is 11.6 Å². The van der Waals surface area contributed by atoms with Crippen molar-refractivity contribution in [3.63, 3.8) is 0 Å². The summed E-state index contributed by atoms with van der Waals surface area (Å²) in [4.78, 5) is 0. The third-order valence-electron chi connectivity index (χ3n) is 3.52. The molecule has 1 aliphatic carbocycles. The van der Waals surface area contributed by atoms with Gasteiger partial charge in [-0.15, -0.1) is 0 Å². The van der Waals surface area contributed by atoms with Crippen molar-refractivity contribution in [3.05, 3.63) is 70.0 Å². The van der Waals surface area contributed by atoms with Gasteiger partial charge in [0.1, 0.15) is 5.82 Å². The number of fused-ring (bicyclic) bond motifs is 1. The highest BCUT2D eigenvalue weighted by Crippen LogP contribution is 2.45. The Morgan fingerprint density at radius 2 is 1.83 bits per heavy atom. The van der Waals surface area contributed by atoms with E-state index >= 15 is 0 Å². The number of halogens is 2. The summed E-state index contributed by atoms with van der Waals surface area (Å²) in [6, 6.07) is 12.2. The molecule has 2 atom stereocenters. The van der Waals surface area contributed by atoms with Crippen molar-refractivity contribution in [1.82, 2.24) is 0 Å². The molecule has 0 spiro atoms. The van der Waals surface area contributed by atoms with Crippen LogP contribution in [0.15, 0.2) is 42.5 Å². The number of benzene rings is 2. The van der Waals surface area contributed by atoms with Gasteiger partial charge < -0.3 is 5.11 Å². The highest BCUT2D eigenvalue weighted by molar-refractivity contribution is 6.30. The highest BCUT2D eigenvalue weighted by atomic mass is 35.5. The van der Waals surface area contributed by atoms with Crippen molar-refractivity contribution in [2.75, 3.05) is 0 Å². The predicted octanol–water partition coefficient (Wildman–Crippen LogP) is 4.05. The zero-order valence-corrected chi connectivity index (χ0v) is 10.4. The van der Waals surface area contributed by atoms with Crippen LogP contribution in [-0.2, 0) is 0 Å². The van der Waals surface area contributed by atoms with Crippen LogP contribution in [0.2, 0.25) is 5.02 Å². The molecule has 92 valence electrons. The molecule has 0 heterocycles. The van der Waals surface area contributed by atoms with Crippen LogP contribution in [0.1, 0.15) is 35.1 Å². The van der Waals surface area contributed by atoms with Gasteiger partial charge in [-0.3, -0.25) is 0 Å². The molecule has 0 saturated carbocycles. The molecule has 0 amide bonds. The van der Waals surface area contributed by atoms with Gasteiger partial charge in [0.2, 0.25) is 0 Å². The molecular formula is C15H12ClFO. The predicted molar refractivity (Wildman–Crippen MR) is 69.3 cm³/mol. The SMILES string of the molecule is O[C@H]1C[C@@H](c2ccccc2F)c2ccc(Cl)cc21. The Labute approximate surface area is 110 Å². The lowest BCUT2D eigenvalue weighted by atomic mass is 9.93. The van der Waals surface area contributed by atoms with Crippen LogP contribution in [0.3, 0.4) is 0 Å². The smallest absolute Gasteiger partial charge is 0.127 e. The van der Waals surface area contributed by atoms with E-state index in [0.29, 0.717) is 17.0 Å². The van der Waals surface area contributed by atoms with Crippen LogP contribution in [0, 0.1) is 5.82 Å². The van der Waals surface area contributed by atoms with Crippen LogP contribution in [0.25, 0.3) is 0 Å². The summed E-state index contributed by atoms with van der Waals surface area (Å²) in [5, 5.41) is 10.6. The van der Waals surface area contributed by atoms with E-state index in [2.05, 4.69) is 0 Å². The number of hydrogen-bond donors (Lipinski definition) is 1. The first-order valence-corrected chi connectivity index (χ1v) is 6.26. The quantitative estimate of drug-likeness (QED) is 0.822. The van der Waals surface area contributed by atoms with Crippen molar-refractivity contribution in [1.29, 1.82) is 0 Å². The number of aliphatic hydroxyl groups excluding tert-OH is 1. The number of aliphatic hydroxyl groups is 1. The first-order valence-electron chi connectivity index (χ1n) is 5.88. The fraction of sp³-hybridized carbons (Fsp3) is 0.200. The fourth-order valence-electron chi connectivity index (χ4n) is 2.68. The summed E-state index contributed by atoms with van der Waals surface area (Å²) in [6.07, 6.45) is -0.0559. The maximum Gasteiger partial charge on any atom is 0.127 e. The second-order valence-corrected chi connectivity index (χ2v) is 5.04. The van der Waals surface area contributed by atoms with E-state index < -0.39 is 6.10 Å². The summed E-state index contributed by atoms with van der Waals surface area (Å²) in [7, 11) is 0. The minimum Gasteiger partial charge on any atom is -0.388 e. The number of rotatable bonds is 1. The van der Waals surface area contributed by atoms with Gasteiger partial charge in [-0.25, -0.2) is 4.39 Å². The molecule has 0 saturated heterocycles. The average molecular weight is 263 g/mol. The monoisotopic (exact) mass is 262 g/mol. The van der Waals surface area contributed by atoms with Gasteiger partial charge in [0.15, 0.2) is 0 Å². The first-order chi connectivity index (χ1) is 8.66. The van der Waals surface area contributed by atoms with Crippen molar-refractivity contribution >= 4 is 11.6 Å². The summed E-state index contributed by atoms with van der Waals surface area (Å²) in [5.41, 5.74) is 2.42. The molecule has 1 aliphatic rings. The lowest BCUT2D eigenvalue weighted by Gasteiger charge is -2.12. The minimum absolute atomic E-state index is 0.0894. The van der Waals surface area contributed by atoms with Crippen molar-refractivity contribution in [2.24, 2.45) is 0 Å². The lowest BCUT2D eigenvalue weighted by molar-refractivity contribution is 0.176. The van der Waals surface area contributed by atoms with Gasteiger partial charge >= 0.3 is 0 Å². The molecule has 18 heavy (non-hydrogen) atoms. The average Bonchev–Trinajstić information content (AvgIpc) is 2.67. The van der Waals surface area contributed by atoms with Gasteiger partial charge in [-0.1, -0.05) is 35.9 Å². The molecule has 0 aromatic heterocycles. The van der Waals surface area contributed by atoms with E-state index in [1.165, 1.54) is 6.07 Å². The van der Waals surface area contributed by atoms with E-state index in [9.17, 15) is 9.50 Å². The van der Waals surface area contributed by atoms with E-state index in [1.807, 2.05) is 12.1 Å². The molecule has 2 aromatic carbocycles. The van der Waals surface area contributed by atoms with Crippen LogP contribution < -0.4 is 0 Å². The van der Waals surface area contributed by atoms with E-state index in [1.54, 1.807) is 24.3 Å². The molecule has 3 rings (SSSR count). The van der Waals surface area contributed by atoms with Crippen molar-refractivity contribution < 1.29 is 9.50 Å². The fourth-order valence-corrected chi connectivity index (χ4v) is 2.86. The van der Waals surface area contributed by atoms with Crippen LogP contribution in [0.5, 0.6) is 0 Å². The largest absolute Gasteiger partial charge is 0.388 e. The first kappa shape index (κ1) is 11.7. The lowest BCUT2D eigenvalue weighted by Crippen LogP contribution is -1.99. The third kappa shape index (κ3) is 1.82. The summed E-state index contributed by atoms with van der Waals surface area (Å²) in [6.45, 7) is 0. The summed E-state index contributed by atoms with van der Waals surface area (Å²) < 4.78 is 13.8. The molecule has 0 radical (unpaired) electrons. The topological polar surface area (TPSA) is 20.2 Å². The standard InChI is InChI=1S/C15H12ClFO/c16-9-5-6-10-12(8-15(18)13(10)7-9)11-3-1-2-4-14(11)17/h1-7,12,15,18H,8H2/t12-,15+/m1/s1. The third-order valence-corrected chi connectivity index (χ3v) is 3.76. The second kappa shape index (κ2) is 4.38. The maximum atomic E-state index is 13.8. The number of hydrogen-bond acceptors (Lipinski definition) is 1. The van der Waals surface area contributed by atoms with Gasteiger partial charge in [0.05, 0.1) is 6.10 Å². The van der Waals surface area contributed by atoms with E-state index in [0.717, 1.165) is 11.1 Å². The molecule has 0 aliphatic heterocycles. The Bertz CT molecular complexity index is 597. The van der Waals surface area contributed by atoms with Gasteiger partial charge in [0.25, 0.3) is 0 Å². The molecule has 0 unspecified atom stereocenters. The minimum atomic E-state index is -0.566. The Kier molecular flexibility index (Phi) is 2.84. The Hall–Kier alpha value is -1.38.